The Hall–Kier alpha value is -0.370. The van der Waals surface area contributed by atoms with Crippen molar-refractivity contribution in [1.29, 1.82) is 0 Å². The summed E-state index contributed by atoms with van der Waals surface area (Å²) < 4.78 is 0. The predicted octanol–water partition coefficient (Wildman–Crippen LogP) is 1.55. The number of rotatable bonds is 4. The minimum absolute atomic E-state index is 1.18. The van der Waals surface area contributed by atoms with Crippen molar-refractivity contribution in [1.82, 2.24) is 4.90 Å². The summed E-state index contributed by atoms with van der Waals surface area (Å²) in [5.41, 5.74) is 0. The third kappa shape index (κ3) is 10.6. The molecule has 0 amide bonds. The molecule has 0 N–H and O–H groups in total. The van der Waals surface area contributed by atoms with E-state index in [4.69, 9.17) is 4.79 Å². The Morgan fingerprint density at radius 3 is 2.10 bits per heavy atom. The van der Waals surface area contributed by atoms with E-state index in [1.54, 1.807) is 0 Å². The Balaban J connectivity index is 0. The molecule has 0 saturated carbocycles. The molecular formula is C8H19NO. The lowest BCUT2D eigenvalue weighted by Gasteiger charge is -2.11. The maximum Gasteiger partial charge on any atom is 0.106 e. The third-order valence-electron chi connectivity index (χ3n) is 1.43. The fourth-order valence-corrected chi connectivity index (χ4v) is 0.586. The Bertz CT molecular complexity index is 57.2. The molecule has 0 aromatic rings. The van der Waals surface area contributed by atoms with E-state index in [-0.39, 0.29) is 0 Å². The van der Waals surface area contributed by atoms with E-state index in [0.717, 1.165) is 0 Å². The molecular weight excluding hydrogens is 126 g/mol. The van der Waals surface area contributed by atoms with Crippen LogP contribution in [-0.4, -0.2) is 31.8 Å². The highest BCUT2D eigenvalue weighted by molar-refractivity contribution is 5.10. The highest BCUT2D eigenvalue weighted by atomic mass is 16.1. The van der Waals surface area contributed by atoms with Crippen LogP contribution in [0.2, 0.25) is 0 Å². The zero-order valence-corrected chi connectivity index (χ0v) is 7.39. The molecule has 0 unspecified atom stereocenters. The predicted molar refractivity (Wildman–Crippen MR) is 45.2 cm³/mol. The second-order valence-corrected chi connectivity index (χ2v) is 2.25. The van der Waals surface area contributed by atoms with Crippen molar-refractivity contribution in [3.63, 3.8) is 0 Å². The second kappa shape index (κ2) is 11.4. The molecule has 62 valence electrons. The monoisotopic (exact) mass is 145 g/mol. The third-order valence-corrected chi connectivity index (χ3v) is 1.43. The first-order valence-electron chi connectivity index (χ1n) is 3.78. The normalized spacial score (nSPS) is 8.80. The SMILES string of the molecule is C=O.CCCCN(C)CC. The van der Waals surface area contributed by atoms with Gasteiger partial charge in [-0.05, 0) is 26.6 Å². The highest BCUT2D eigenvalue weighted by Gasteiger charge is 1.89. The lowest BCUT2D eigenvalue weighted by molar-refractivity contribution is -0.0979. The molecule has 0 aliphatic heterocycles. The number of hydrogen-bond donors (Lipinski definition) is 0. The molecule has 0 aliphatic carbocycles. The Morgan fingerprint density at radius 1 is 1.30 bits per heavy atom. The van der Waals surface area contributed by atoms with Gasteiger partial charge in [-0.3, -0.25) is 0 Å². The molecule has 0 bridgehead atoms. The van der Waals surface area contributed by atoms with E-state index in [0.29, 0.717) is 0 Å². The molecule has 2 heteroatoms. The number of carbonyl (C=O) groups is 1. The molecule has 0 aliphatic rings. The molecule has 0 spiro atoms. The first-order chi connectivity index (χ1) is 4.81. The van der Waals surface area contributed by atoms with E-state index >= 15 is 0 Å². The summed E-state index contributed by atoms with van der Waals surface area (Å²) in [7, 11) is 2.16. The van der Waals surface area contributed by atoms with Gasteiger partial charge in [-0.15, -0.1) is 0 Å². The molecule has 0 aromatic carbocycles. The molecule has 0 rings (SSSR count). The smallest absolute Gasteiger partial charge is 0.106 e. The van der Waals surface area contributed by atoms with Crippen molar-refractivity contribution in [3.05, 3.63) is 0 Å². The van der Waals surface area contributed by atoms with Gasteiger partial charge in [0, 0.05) is 0 Å². The fraction of sp³-hybridized carbons (Fsp3) is 0.875. The van der Waals surface area contributed by atoms with Crippen molar-refractivity contribution < 1.29 is 4.79 Å². The summed E-state index contributed by atoms with van der Waals surface area (Å²) in [6, 6.07) is 0. The van der Waals surface area contributed by atoms with Gasteiger partial charge in [-0.1, -0.05) is 20.3 Å². The van der Waals surface area contributed by atoms with Gasteiger partial charge in [-0.25, -0.2) is 0 Å². The second-order valence-electron chi connectivity index (χ2n) is 2.25. The topological polar surface area (TPSA) is 20.3 Å². The quantitative estimate of drug-likeness (QED) is 0.598. The van der Waals surface area contributed by atoms with Gasteiger partial charge < -0.3 is 9.69 Å². The number of carbonyl (C=O) groups excluding carboxylic acids is 1. The van der Waals surface area contributed by atoms with E-state index in [2.05, 4.69) is 25.8 Å². The molecule has 0 radical (unpaired) electrons. The van der Waals surface area contributed by atoms with Crippen LogP contribution in [0, 0.1) is 0 Å². The van der Waals surface area contributed by atoms with Gasteiger partial charge in [0.2, 0.25) is 0 Å². The summed E-state index contributed by atoms with van der Waals surface area (Å²) in [5.74, 6) is 0. The van der Waals surface area contributed by atoms with Gasteiger partial charge in [0.25, 0.3) is 0 Å². The summed E-state index contributed by atoms with van der Waals surface area (Å²) in [4.78, 5) is 10.3. The Morgan fingerprint density at radius 2 is 1.80 bits per heavy atom. The van der Waals surface area contributed by atoms with E-state index in [1.165, 1.54) is 25.9 Å². The zero-order chi connectivity index (χ0) is 8.41. The van der Waals surface area contributed by atoms with E-state index in [9.17, 15) is 0 Å². The summed E-state index contributed by atoms with van der Waals surface area (Å²) in [5, 5.41) is 0. The van der Waals surface area contributed by atoms with Crippen LogP contribution in [-0.2, 0) is 4.79 Å². The number of hydrogen-bond acceptors (Lipinski definition) is 2. The largest absolute Gasteiger partial charge is 0.307 e. The number of unbranched alkanes of at least 4 members (excludes halogenated alkanes) is 1. The minimum Gasteiger partial charge on any atom is -0.307 e. The van der Waals surface area contributed by atoms with Gasteiger partial charge in [0.15, 0.2) is 0 Å². The molecule has 0 aromatic heterocycles. The minimum atomic E-state index is 1.18. The van der Waals surface area contributed by atoms with Crippen molar-refractivity contribution in [3.8, 4) is 0 Å². The van der Waals surface area contributed by atoms with Crippen LogP contribution in [0.5, 0.6) is 0 Å². The lowest BCUT2D eigenvalue weighted by atomic mass is 10.3. The Labute approximate surface area is 64.2 Å². The van der Waals surface area contributed by atoms with Crippen LogP contribution in [0.25, 0.3) is 0 Å². The number of nitrogens with zero attached hydrogens (tertiary/aromatic N) is 1. The maximum atomic E-state index is 8.00. The fourth-order valence-electron chi connectivity index (χ4n) is 0.586. The van der Waals surface area contributed by atoms with Gasteiger partial charge in [-0.2, -0.15) is 0 Å². The summed E-state index contributed by atoms with van der Waals surface area (Å²) >= 11 is 0. The van der Waals surface area contributed by atoms with Crippen molar-refractivity contribution in [2.75, 3.05) is 20.1 Å². The molecule has 0 atom stereocenters. The van der Waals surface area contributed by atoms with Crippen molar-refractivity contribution >= 4 is 6.79 Å². The first kappa shape index (κ1) is 12.3. The van der Waals surface area contributed by atoms with Crippen LogP contribution in [0.15, 0.2) is 0 Å². The van der Waals surface area contributed by atoms with Crippen molar-refractivity contribution in [2.24, 2.45) is 0 Å². The van der Waals surface area contributed by atoms with Crippen LogP contribution < -0.4 is 0 Å². The van der Waals surface area contributed by atoms with Crippen LogP contribution in [0.4, 0.5) is 0 Å². The van der Waals surface area contributed by atoms with E-state index in [1.807, 2.05) is 6.79 Å². The molecule has 0 saturated heterocycles. The van der Waals surface area contributed by atoms with Crippen LogP contribution >= 0.6 is 0 Å². The lowest BCUT2D eigenvalue weighted by Crippen LogP contribution is -2.18. The van der Waals surface area contributed by atoms with E-state index < -0.39 is 0 Å². The maximum absolute atomic E-state index is 8.00. The standard InChI is InChI=1S/C7H17N.CH2O/c1-4-6-7-8(3)5-2;1-2/h4-7H2,1-3H3;1H2. The van der Waals surface area contributed by atoms with Crippen LogP contribution in [0.3, 0.4) is 0 Å². The zero-order valence-electron chi connectivity index (χ0n) is 7.39. The highest BCUT2D eigenvalue weighted by Crippen LogP contribution is 1.89. The summed E-state index contributed by atoms with van der Waals surface area (Å²) in [6.07, 6.45) is 2.65. The van der Waals surface area contributed by atoms with Gasteiger partial charge in [0.1, 0.15) is 6.79 Å². The summed E-state index contributed by atoms with van der Waals surface area (Å²) in [6.45, 7) is 8.85. The van der Waals surface area contributed by atoms with Crippen molar-refractivity contribution in [2.45, 2.75) is 26.7 Å². The Kier molecular flexibility index (Phi) is 14.1. The van der Waals surface area contributed by atoms with Gasteiger partial charge >= 0.3 is 0 Å². The molecule has 2 nitrogen and oxygen atoms in total. The molecule has 10 heavy (non-hydrogen) atoms. The molecule has 0 heterocycles. The van der Waals surface area contributed by atoms with Gasteiger partial charge in [0.05, 0.1) is 0 Å². The average molecular weight is 145 g/mol. The first-order valence-corrected chi connectivity index (χ1v) is 3.78. The molecule has 0 fully saturated rings. The van der Waals surface area contributed by atoms with Crippen LogP contribution in [0.1, 0.15) is 26.7 Å². The average Bonchev–Trinajstić information content (AvgIpc) is 2.04.